The molecule has 1 unspecified atom stereocenters. The van der Waals surface area contributed by atoms with Crippen LogP contribution < -0.4 is 10.6 Å². The highest BCUT2D eigenvalue weighted by Gasteiger charge is 2.24. The van der Waals surface area contributed by atoms with Gasteiger partial charge in [0.2, 0.25) is 5.95 Å². The summed E-state index contributed by atoms with van der Waals surface area (Å²) in [5.41, 5.74) is 2.57. The Morgan fingerprint density at radius 2 is 1.94 bits per heavy atom. The van der Waals surface area contributed by atoms with Crippen molar-refractivity contribution in [3.63, 3.8) is 0 Å². The number of hydrogen-bond acceptors (Lipinski definition) is 5. The number of nitrogens with one attached hydrogen (secondary N) is 2. The van der Waals surface area contributed by atoms with Crippen molar-refractivity contribution >= 4 is 40.3 Å². The highest BCUT2D eigenvalue weighted by Crippen LogP contribution is 2.36. The van der Waals surface area contributed by atoms with Crippen molar-refractivity contribution in [3.05, 3.63) is 70.1 Å². The van der Waals surface area contributed by atoms with Gasteiger partial charge >= 0.3 is 0 Å². The first-order valence-electron chi connectivity index (χ1n) is 10.9. The van der Waals surface area contributed by atoms with Gasteiger partial charge in [-0.2, -0.15) is 4.98 Å². The van der Waals surface area contributed by atoms with Crippen molar-refractivity contribution in [1.82, 2.24) is 24.8 Å². The van der Waals surface area contributed by atoms with Gasteiger partial charge in [0.25, 0.3) is 0 Å². The van der Waals surface area contributed by atoms with Crippen LogP contribution in [0.1, 0.15) is 24.9 Å². The average Bonchev–Trinajstić information content (AvgIpc) is 3.43. The Morgan fingerprint density at radius 3 is 2.67 bits per heavy atom. The number of nitrogens with zero attached hydrogens (tertiary/aromatic N) is 4. The first kappa shape index (κ1) is 22.1. The van der Waals surface area contributed by atoms with Gasteiger partial charge < -0.3 is 15.2 Å². The fraction of sp³-hybridized carbons (Fsp3) is 0.292. The number of rotatable bonds is 6. The molecule has 170 valence electrons. The molecule has 2 atom stereocenters. The van der Waals surface area contributed by atoms with Crippen molar-refractivity contribution in [2.45, 2.75) is 25.9 Å². The zero-order chi connectivity index (χ0) is 22.9. The molecule has 3 heterocycles. The Labute approximate surface area is 201 Å². The molecule has 0 saturated carbocycles. The van der Waals surface area contributed by atoms with Gasteiger partial charge in [0.05, 0.1) is 27.8 Å². The Balaban J connectivity index is 1.58. The molecule has 6 nitrogen and oxygen atoms in total. The van der Waals surface area contributed by atoms with E-state index in [0.717, 1.165) is 26.1 Å². The van der Waals surface area contributed by atoms with Crippen LogP contribution in [0.5, 0.6) is 0 Å². The second-order valence-electron chi connectivity index (χ2n) is 8.29. The zero-order valence-electron chi connectivity index (χ0n) is 18.0. The van der Waals surface area contributed by atoms with Crippen molar-refractivity contribution < 1.29 is 4.39 Å². The lowest BCUT2D eigenvalue weighted by Gasteiger charge is -2.16. The smallest absolute Gasteiger partial charge is 0.225 e. The molecule has 2 aromatic heterocycles. The second kappa shape index (κ2) is 9.25. The molecule has 0 amide bonds. The summed E-state index contributed by atoms with van der Waals surface area (Å²) in [5, 5.41) is 7.69. The van der Waals surface area contributed by atoms with E-state index >= 15 is 0 Å². The van der Waals surface area contributed by atoms with E-state index in [0.29, 0.717) is 50.0 Å². The number of halogens is 3. The van der Waals surface area contributed by atoms with Gasteiger partial charge in [-0.1, -0.05) is 47.5 Å². The number of benzene rings is 2. The van der Waals surface area contributed by atoms with Crippen LogP contribution in [0.15, 0.2) is 48.7 Å². The minimum absolute atomic E-state index is 0.270. The first-order chi connectivity index (χ1) is 16.0. The largest absolute Gasteiger partial charge is 0.348 e. The number of aromatic nitrogens is 4. The van der Waals surface area contributed by atoms with Crippen molar-refractivity contribution in [2.75, 3.05) is 18.4 Å². The van der Waals surface area contributed by atoms with Crippen molar-refractivity contribution in [1.29, 1.82) is 0 Å². The van der Waals surface area contributed by atoms with Crippen LogP contribution in [0.3, 0.4) is 0 Å². The lowest BCUT2D eigenvalue weighted by molar-refractivity contribution is 0.490. The summed E-state index contributed by atoms with van der Waals surface area (Å²) in [6, 6.07) is 11.8. The zero-order valence-corrected chi connectivity index (χ0v) is 19.5. The number of imidazole rings is 1. The lowest BCUT2D eigenvalue weighted by Crippen LogP contribution is -2.16. The molecule has 33 heavy (non-hydrogen) atoms. The summed E-state index contributed by atoms with van der Waals surface area (Å²) in [7, 11) is 0. The quantitative estimate of drug-likeness (QED) is 0.366. The van der Waals surface area contributed by atoms with Crippen LogP contribution in [0.25, 0.3) is 22.6 Å². The fourth-order valence-corrected chi connectivity index (χ4v) is 4.86. The molecule has 0 bridgehead atoms. The molecule has 4 aromatic rings. The molecular formula is C24H23Cl2FN6. The van der Waals surface area contributed by atoms with Crippen molar-refractivity contribution in [2.24, 2.45) is 5.92 Å². The van der Waals surface area contributed by atoms with E-state index in [9.17, 15) is 4.39 Å². The normalized spacial score (nSPS) is 16.9. The monoisotopic (exact) mass is 484 g/mol. The van der Waals surface area contributed by atoms with E-state index in [-0.39, 0.29) is 11.9 Å². The molecular weight excluding hydrogens is 462 g/mol. The van der Waals surface area contributed by atoms with Gasteiger partial charge in [0.1, 0.15) is 17.2 Å². The molecule has 1 saturated heterocycles. The topological polar surface area (TPSA) is 67.7 Å². The molecule has 5 rings (SSSR count). The third-order valence-electron chi connectivity index (χ3n) is 5.99. The standard InChI is InChI=1S/C24H23Cl2FN6/c1-14(16-5-2-3-8-19(16)27)30-24-29-12-20-22(32-24)33(13-15-9-10-28-11-15)23(31-20)21-17(25)6-4-7-18(21)26/h2-8,12,14-15,28H,9-11,13H2,1H3,(H,29,30,32)/t14-,15?/m0/s1. The first-order valence-corrected chi connectivity index (χ1v) is 11.7. The second-order valence-corrected chi connectivity index (χ2v) is 9.11. The molecule has 1 aliphatic rings. The third kappa shape index (κ3) is 4.40. The number of anilines is 1. The lowest BCUT2D eigenvalue weighted by atomic mass is 10.1. The van der Waals surface area contributed by atoms with Gasteiger partial charge in [-0.25, -0.2) is 14.4 Å². The maximum Gasteiger partial charge on any atom is 0.225 e. The molecule has 1 fully saturated rings. The Kier molecular flexibility index (Phi) is 6.19. The Morgan fingerprint density at radius 1 is 1.15 bits per heavy atom. The van der Waals surface area contributed by atoms with E-state index in [1.807, 2.05) is 19.1 Å². The van der Waals surface area contributed by atoms with Crippen LogP contribution in [-0.2, 0) is 6.54 Å². The minimum atomic E-state index is -0.309. The van der Waals surface area contributed by atoms with Crippen LogP contribution >= 0.6 is 23.2 Å². The summed E-state index contributed by atoms with van der Waals surface area (Å²) in [5.74, 6) is 1.24. The van der Waals surface area contributed by atoms with Gasteiger partial charge in [-0.3, -0.25) is 0 Å². The average molecular weight is 485 g/mol. The van der Waals surface area contributed by atoms with Gasteiger partial charge in [0, 0.05) is 12.1 Å². The predicted octanol–water partition coefficient (Wildman–Crippen LogP) is 5.72. The Hall–Kier alpha value is -2.74. The number of fused-ring (bicyclic) bond motifs is 1. The van der Waals surface area contributed by atoms with Crippen LogP contribution in [0.2, 0.25) is 10.0 Å². The summed E-state index contributed by atoms with van der Waals surface area (Å²) in [4.78, 5) is 14.0. The van der Waals surface area contributed by atoms with E-state index < -0.39 is 0 Å². The van der Waals surface area contributed by atoms with Crippen LogP contribution in [0, 0.1) is 11.7 Å². The van der Waals surface area contributed by atoms with E-state index in [1.165, 1.54) is 6.07 Å². The summed E-state index contributed by atoms with van der Waals surface area (Å²) in [6.07, 6.45) is 2.74. The van der Waals surface area contributed by atoms with Gasteiger partial charge in [-0.05, 0) is 50.6 Å². The molecule has 0 aliphatic carbocycles. The highest BCUT2D eigenvalue weighted by atomic mass is 35.5. The van der Waals surface area contributed by atoms with E-state index in [1.54, 1.807) is 30.5 Å². The SMILES string of the molecule is C[C@H](Nc1ncc2nc(-c3c(Cl)cccc3Cl)n(CC3CCNC3)c2n1)c1ccccc1F. The minimum Gasteiger partial charge on any atom is -0.348 e. The summed E-state index contributed by atoms with van der Waals surface area (Å²) < 4.78 is 16.3. The van der Waals surface area contributed by atoms with Crippen molar-refractivity contribution in [3.8, 4) is 11.4 Å². The molecule has 2 aromatic carbocycles. The Bertz CT molecular complexity index is 1280. The van der Waals surface area contributed by atoms with Crippen LogP contribution in [0.4, 0.5) is 10.3 Å². The predicted molar refractivity (Wildman–Crippen MR) is 130 cm³/mol. The molecule has 0 radical (unpaired) electrons. The van der Waals surface area contributed by atoms with Crippen LogP contribution in [-0.4, -0.2) is 32.6 Å². The van der Waals surface area contributed by atoms with E-state index in [2.05, 4.69) is 20.2 Å². The fourth-order valence-electron chi connectivity index (χ4n) is 4.29. The number of hydrogen-bond donors (Lipinski definition) is 2. The molecule has 0 spiro atoms. The summed E-state index contributed by atoms with van der Waals surface area (Å²) >= 11 is 13.1. The van der Waals surface area contributed by atoms with Gasteiger partial charge in [-0.15, -0.1) is 0 Å². The third-order valence-corrected chi connectivity index (χ3v) is 6.62. The molecule has 9 heteroatoms. The maximum absolute atomic E-state index is 14.2. The highest BCUT2D eigenvalue weighted by molar-refractivity contribution is 6.39. The maximum atomic E-state index is 14.2. The molecule has 2 N–H and O–H groups in total. The van der Waals surface area contributed by atoms with Gasteiger partial charge in [0.15, 0.2) is 5.65 Å². The summed E-state index contributed by atoms with van der Waals surface area (Å²) in [6.45, 7) is 4.51. The van der Waals surface area contributed by atoms with E-state index in [4.69, 9.17) is 33.2 Å². The molecule has 1 aliphatic heterocycles.